The third-order valence-electron chi connectivity index (χ3n) is 3.51. The molecule has 1 aromatic heterocycles. The lowest BCUT2D eigenvalue weighted by Gasteiger charge is -2.09. The Balaban J connectivity index is 1.51. The van der Waals surface area contributed by atoms with Crippen molar-refractivity contribution in [1.29, 1.82) is 0 Å². The van der Waals surface area contributed by atoms with Gasteiger partial charge in [0.1, 0.15) is 11.5 Å². The van der Waals surface area contributed by atoms with Gasteiger partial charge in [-0.2, -0.15) is 0 Å². The Hall–Kier alpha value is -3.28. The van der Waals surface area contributed by atoms with Crippen molar-refractivity contribution in [1.82, 2.24) is 10.9 Å². The lowest BCUT2D eigenvalue weighted by Crippen LogP contribution is -2.43. The first-order chi connectivity index (χ1) is 11.6. The van der Waals surface area contributed by atoms with Crippen LogP contribution >= 0.6 is 0 Å². The van der Waals surface area contributed by atoms with Gasteiger partial charge in [-0.1, -0.05) is 30.3 Å². The molecule has 6 nitrogen and oxygen atoms in total. The molecule has 0 saturated carbocycles. The molecule has 0 fully saturated rings. The molecule has 3 rings (SSSR count). The molecular weight excluding hydrogens is 308 g/mol. The smallest absolute Gasteiger partial charge is 0.276 e. The Kier molecular flexibility index (Phi) is 4.47. The molecule has 1 heterocycles. The van der Waals surface area contributed by atoms with Crippen LogP contribution in [0.15, 0.2) is 59.2 Å². The highest BCUT2D eigenvalue weighted by Gasteiger charge is 2.12. The third-order valence-corrected chi connectivity index (χ3v) is 3.51. The van der Waals surface area contributed by atoms with Gasteiger partial charge >= 0.3 is 0 Å². The number of furan rings is 1. The molecule has 0 aliphatic carbocycles. The zero-order valence-electron chi connectivity index (χ0n) is 13.0. The maximum Gasteiger partial charge on any atom is 0.276 e. The monoisotopic (exact) mass is 324 g/mol. The Bertz CT molecular complexity index is 885. The Morgan fingerprint density at radius 3 is 2.58 bits per heavy atom. The van der Waals surface area contributed by atoms with Crippen LogP contribution in [0.25, 0.3) is 10.8 Å². The van der Waals surface area contributed by atoms with Crippen molar-refractivity contribution in [3.8, 4) is 5.75 Å². The predicted octanol–water partition coefficient (Wildman–Crippen LogP) is 2.58. The molecule has 2 aromatic carbocycles. The Labute approximate surface area is 138 Å². The van der Waals surface area contributed by atoms with E-state index in [2.05, 4.69) is 10.9 Å². The normalized spacial score (nSPS) is 10.4. The van der Waals surface area contributed by atoms with Crippen LogP contribution in [-0.2, 0) is 4.79 Å². The molecule has 2 amide bonds. The van der Waals surface area contributed by atoms with E-state index in [1.807, 2.05) is 36.4 Å². The summed E-state index contributed by atoms with van der Waals surface area (Å²) >= 11 is 0. The fourth-order valence-corrected chi connectivity index (χ4v) is 2.26. The van der Waals surface area contributed by atoms with Gasteiger partial charge < -0.3 is 9.15 Å². The molecule has 24 heavy (non-hydrogen) atoms. The number of hydrogen-bond acceptors (Lipinski definition) is 4. The van der Waals surface area contributed by atoms with E-state index in [4.69, 9.17) is 9.15 Å². The topological polar surface area (TPSA) is 80.6 Å². The fourth-order valence-electron chi connectivity index (χ4n) is 2.26. The van der Waals surface area contributed by atoms with Gasteiger partial charge in [-0.25, -0.2) is 0 Å². The van der Waals surface area contributed by atoms with Gasteiger partial charge in [0.25, 0.3) is 11.8 Å². The maximum absolute atomic E-state index is 11.8. The van der Waals surface area contributed by atoms with Crippen molar-refractivity contribution < 1.29 is 18.7 Å². The molecule has 0 aliphatic rings. The van der Waals surface area contributed by atoms with Crippen molar-refractivity contribution in [3.05, 3.63) is 66.1 Å². The van der Waals surface area contributed by atoms with E-state index in [0.717, 1.165) is 10.8 Å². The summed E-state index contributed by atoms with van der Waals surface area (Å²) in [5.74, 6) is 0.160. The zero-order chi connectivity index (χ0) is 16.9. The van der Waals surface area contributed by atoms with Crippen LogP contribution in [0.2, 0.25) is 0 Å². The SMILES string of the molecule is Cc1occc1C(=O)NNC(=O)COc1ccc2ccccc2c1. The second-order valence-corrected chi connectivity index (χ2v) is 5.19. The second kappa shape index (κ2) is 6.87. The summed E-state index contributed by atoms with van der Waals surface area (Å²) in [6.45, 7) is 1.46. The molecule has 122 valence electrons. The van der Waals surface area contributed by atoms with E-state index >= 15 is 0 Å². The van der Waals surface area contributed by atoms with Crippen LogP contribution in [0.1, 0.15) is 16.1 Å². The van der Waals surface area contributed by atoms with Crippen LogP contribution < -0.4 is 15.6 Å². The van der Waals surface area contributed by atoms with Crippen LogP contribution in [0.3, 0.4) is 0 Å². The quantitative estimate of drug-likeness (QED) is 0.723. The van der Waals surface area contributed by atoms with E-state index in [1.54, 1.807) is 13.0 Å². The van der Waals surface area contributed by atoms with Gasteiger partial charge in [-0.15, -0.1) is 0 Å². The summed E-state index contributed by atoms with van der Waals surface area (Å²) in [5.41, 5.74) is 4.98. The number of carbonyl (C=O) groups is 2. The van der Waals surface area contributed by atoms with Gasteiger partial charge in [0.2, 0.25) is 0 Å². The molecule has 0 spiro atoms. The average molecular weight is 324 g/mol. The van der Waals surface area contributed by atoms with E-state index in [0.29, 0.717) is 17.1 Å². The first kappa shape index (κ1) is 15.6. The van der Waals surface area contributed by atoms with E-state index in [-0.39, 0.29) is 6.61 Å². The lowest BCUT2D eigenvalue weighted by atomic mass is 10.1. The number of ether oxygens (including phenoxy) is 1. The van der Waals surface area contributed by atoms with Crippen LogP contribution in [-0.4, -0.2) is 18.4 Å². The molecule has 0 saturated heterocycles. The first-order valence-corrected chi connectivity index (χ1v) is 7.38. The number of aryl methyl sites for hydroxylation is 1. The Morgan fingerprint density at radius 1 is 1.04 bits per heavy atom. The number of carbonyl (C=O) groups excluding carboxylic acids is 2. The average Bonchev–Trinajstić information content (AvgIpc) is 3.03. The van der Waals surface area contributed by atoms with Crippen molar-refractivity contribution in [3.63, 3.8) is 0 Å². The summed E-state index contributed by atoms with van der Waals surface area (Å²) in [6, 6.07) is 15.0. The minimum absolute atomic E-state index is 0.205. The molecule has 0 bridgehead atoms. The van der Waals surface area contributed by atoms with Crippen molar-refractivity contribution >= 4 is 22.6 Å². The number of amides is 2. The highest BCUT2D eigenvalue weighted by atomic mass is 16.5. The van der Waals surface area contributed by atoms with Crippen molar-refractivity contribution in [2.75, 3.05) is 6.61 Å². The van der Waals surface area contributed by atoms with Crippen molar-refractivity contribution in [2.24, 2.45) is 0 Å². The summed E-state index contributed by atoms with van der Waals surface area (Å²) in [4.78, 5) is 23.6. The zero-order valence-corrected chi connectivity index (χ0v) is 13.0. The molecule has 2 N–H and O–H groups in total. The van der Waals surface area contributed by atoms with Gasteiger partial charge in [0.05, 0.1) is 11.8 Å². The molecule has 0 aliphatic heterocycles. The number of fused-ring (bicyclic) bond motifs is 1. The number of nitrogens with one attached hydrogen (secondary N) is 2. The fraction of sp³-hybridized carbons (Fsp3) is 0.111. The van der Waals surface area contributed by atoms with Crippen molar-refractivity contribution in [2.45, 2.75) is 6.92 Å². The molecule has 6 heteroatoms. The van der Waals surface area contributed by atoms with Crippen LogP contribution in [0.4, 0.5) is 0 Å². The number of hydrogen-bond donors (Lipinski definition) is 2. The van der Waals surface area contributed by atoms with Gasteiger partial charge in [0.15, 0.2) is 6.61 Å². The number of benzene rings is 2. The van der Waals surface area contributed by atoms with Gasteiger partial charge in [-0.3, -0.25) is 20.4 Å². The molecular formula is C18H16N2O4. The molecule has 0 atom stereocenters. The Morgan fingerprint density at radius 2 is 1.83 bits per heavy atom. The predicted molar refractivity (Wildman–Crippen MR) is 88.5 cm³/mol. The minimum Gasteiger partial charge on any atom is -0.484 e. The lowest BCUT2D eigenvalue weighted by molar-refractivity contribution is -0.123. The molecule has 0 unspecified atom stereocenters. The summed E-state index contributed by atoms with van der Waals surface area (Å²) in [6.07, 6.45) is 1.41. The standard InChI is InChI=1S/C18H16N2O4/c1-12-16(8-9-23-12)18(22)20-19-17(21)11-24-15-7-6-13-4-2-3-5-14(13)10-15/h2-10H,11H2,1H3,(H,19,21)(H,20,22). The second-order valence-electron chi connectivity index (χ2n) is 5.19. The number of hydrazine groups is 1. The highest BCUT2D eigenvalue weighted by Crippen LogP contribution is 2.20. The highest BCUT2D eigenvalue weighted by molar-refractivity contribution is 5.96. The van der Waals surface area contributed by atoms with E-state index in [1.165, 1.54) is 12.3 Å². The van der Waals surface area contributed by atoms with Crippen LogP contribution in [0.5, 0.6) is 5.75 Å². The summed E-state index contributed by atoms with van der Waals surface area (Å²) in [5, 5.41) is 2.12. The van der Waals surface area contributed by atoms with Crippen LogP contribution in [0, 0.1) is 6.92 Å². The third kappa shape index (κ3) is 3.55. The molecule has 0 radical (unpaired) electrons. The van der Waals surface area contributed by atoms with Gasteiger partial charge in [-0.05, 0) is 35.9 Å². The van der Waals surface area contributed by atoms with E-state index in [9.17, 15) is 9.59 Å². The van der Waals surface area contributed by atoms with E-state index < -0.39 is 11.8 Å². The molecule has 3 aromatic rings. The first-order valence-electron chi connectivity index (χ1n) is 7.38. The summed E-state index contributed by atoms with van der Waals surface area (Å²) < 4.78 is 10.5. The van der Waals surface area contributed by atoms with Gasteiger partial charge in [0, 0.05) is 0 Å². The summed E-state index contributed by atoms with van der Waals surface area (Å²) in [7, 11) is 0. The maximum atomic E-state index is 11.8. The minimum atomic E-state index is -0.461. The largest absolute Gasteiger partial charge is 0.484 e. The number of rotatable bonds is 4.